The van der Waals surface area contributed by atoms with Crippen LogP contribution in [0.25, 0.3) is 0 Å². The van der Waals surface area contributed by atoms with Crippen LogP contribution in [0.2, 0.25) is 0 Å². The molecule has 1 rings (SSSR count). The first-order chi connectivity index (χ1) is 5.15. The number of hydrogen-bond donors (Lipinski definition) is 1. The van der Waals surface area contributed by atoms with Gasteiger partial charge in [-0.1, -0.05) is 6.92 Å². The monoisotopic (exact) mass is 234 g/mol. The quantitative estimate of drug-likeness (QED) is 0.834. The van der Waals surface area contributed by atoms with Crippen LogP contribution < -0.4 is 0 Å². The van der Waals surface area contributed by atoms with Gasteiger partial charge in [0.15, 0.2) is 0 Å². The Balaban J connectivity index is 2.93. The molecule has 0 bridgehead atoms. The molecule has 1 nitrogen and oxygen atoms in total. The Kier molecular flexibility index (Phi) is 3.10. The SMILES string of the molecule is CC[C@H](O)c1sc(C)cc1Br. The average molecular weight is 235 g/mol. The minimum absolute atomic E-state index is 0.303. The smallest absolute Gasteiger partial charge is 0.0890 e. The van der Waals surface area contributed by atoms with Gasteiger partial charge >= 0.3 is 0 Å². The van der Waals surface area contributed by atoms with Crippen LogP contribution >= 0.6 is 27.3 Å². The van der Waals surface area contributed by atoms with E-state index in [0.29, 0.717) is 0 Å². The summed E-state index contributed by atoms with van der Waals surface area (Å²) >= 11 is 5.06. The lowest BCUT2D eigenvalue weighted by molar-refractivity contribution is 0.177. The third-order valence-electron chi connectivity index (χ3n) is 1.53. The summed E-state index contributed by atoms with van der Waals surface area (Å²) in [5.41, 5.74) is 0. The number of halogens is 1. The van der Waals surface area contributed by atoms with E-state index in [1.54, 1.807) is 11.3 Å². The van der Waals surface area contributed by atoms with E-state index >= 15 is 0 Å². The maximum atomic E-state index is 9.50. The summed E-state index contributed by atoms with van der Waals surface area (Å²) < 4.78 is 1.04. The molecule has 0 aliphatic rings. The molecule has 1 atom stereocenters. The van der Waals surface area contributed by atoms with Crippen molar-refractivity contribution in [3.05, 3.63) is 20.3 Å². The molecule has 0 saturated carbocycles. The zero-order valence-electron chi connectivity index (χ0n) is 6.60. The Labute approximate surface area is 79.2 Å². The molecule has 0 saturated heterocycles. The number of hydrogen-bond acceptors (Lipinski definition) is 2. The molecule has 62 valence electrons. The van der Waals surface area contributed by atoms with Crippen molar-refractivity contribution in [2.45, 2.75) is 26.4 Å². The molecule has 1 aromatic rings. The van der Waals surface area contributed by atoms with Gasteiger partial charge in [-0.2, -0.15) is 0 Å². The Morgan fingerprint density at radius 2 is 2.36 bits per heavy atom. The molecule has 0 amide bonds. The molecule has 0 aliphatic heterocycles. The molecule has 11 heavy (non-hydrogen) atoms. The van der Waals surface area contributed by atoms with Crippen molar-refractivity contribution < 1.29 is 5.11 Å². The van der Waals surface area contributed by atoms with E-state index in [1.165, 1.54) is 4.88 Å². The van der Waals surface area contributed by atoms with Gasteiger partial charge in [-0.25, -0.2) is 0 Å². The van der Waals surface area contributed by atoms with Gasteiger partial charge in [0.25, 0.3) is 0 Å². The van der Waals surface area contributed by atoms with Gasteiger partial charge in [-0.15, -0.1) is 11.3 Å². The van der Waals surface area contributed by atoms with E-state index in [9.17, 15) is 5.11 Å². The fourth-order valence-electron chi connectivity index (χ4n) is 0.914. The van der Waals surface area contributed by atoms with Gasteiger partial charge in [0.2, 0.25) is 0 Å². The van der Waals surface area contributed by atoms with Crippen molar-refractivity contribution >= 4 is 27.3 Å². The summed E-state index contributed by atoms with van der Waals surface area (Å²) in [5.74, 6) is 0. The third kappa shape index (κ3) is 2.04. The minimum Gasteiger partial charge on any atom is -0.388 e. The van der Waals surface area contributed by atoms with Gasteiger partial charge < -0.3 is 5.11 Å². The molecule has 0 fully saturated rings. The molecular formula is C8H11BrOS. The first-order valence-electron chi connectivity index (χ1n) is 3.59. The number of aryl methyl sites for hydroxylation is 1. The molecule has 0 aliphatic carbocycles. The van der Waals surface area contributed by atoms with Crippen molar-refractivity contribution in [3.63, 3.8) is 0 Å². The number of thiophene rings is 1. The lowest BCUT2D eigenvalue weighted by Gasteiger charge is -2.04. The number of rotatable bonds is 2. The van der Waals surface area contributed by atoms with Gasteiger partial charge in [0.05, 0.1) is 6.10 Å². The highest BCUT2D eigenvalue weighted by Gasteiger charge is 2.11. The summed E-state index contributed by atoms with van der Waals surface area (Å²) in [6.45, 7) is 4.02. The normalized spacial score (nSPS) is 13.5. The standard InChI is InChI=1S/C8H11BrOS/c1-3-7(10)8-6(9)4-5(2)11-8/h4,7,10H,3H2,1-2H3/t7-/m0/s1. The molecule has 1 N–H and O–H groups in total. The lowest BCUT2D eigenvalue weighted by Crippen LogP contribution is -1.91. The lowest BCUT2D eigenvalue weighted by atomic mass is 10.2. The second kappa shape index (κ2) is 3.70. The number of aliphatic hydroxyl groups is 1. The van der Waals surface area contributed by atoms with Gasteiger partial charge in [0, 0.05) is 14.2 Å². The zero-order valence-corrected chi connectivity index (χ0v) is 9.00. The summed E-state index contributed by atoms with van der Waals surface area (Å²) in [7, 11) is 0. The third-order valence-corrected chi connectivity index (χ3v) is 3.60. The van der Waals surface area contributed by atoms with E-state index < -0.39 is 0 Å². The molecule has 3 heteroatoms. The predicted octanol–water partition coefficient (Wildman–Crippen LogP) is 3.26. The molecule has 0 aromatic carbocycles. The van der Waals surface area contributed by atoms with Crippen LogP contribution in [0.1, 0.15) is 29.2 Å². The van der Waals surface area contributed by atoms with Crippen LogP contribution in [0.4, 0.5) is 0 Å². The second-order valence-corrected chi connectivity index (χ2v) is 4.64. The van der Waals surface area contributed by atoms with Gasteiger partial charge in [-0.3, -0.25) is 0 Å². The maximum Gasteiger partial charge on any atom is 0.0890 e. The molecule has 0 spiro atoms. The van der Waals surface area contributed by atoms with Crippen LogP contribution in [0.15, 0.2) is 10.5 Å². The summed E-state index contributed by atoms with van der Waals surface area (Å²) in [6, 6.07) is 2.04. The van der Waals surface area contributed by atoms with Crippen molar-refractivity contribution in [2.75, 3.05) is 0 Å². The minimum atomic E-state index is -0.303. The Morgan fingerprint density at radius 1 is 1.73 bits per heavy atom. The van der Waals surface area contributed by atoms with E-state index in [1.807, 2.05) is 19.9 Å². The van der Waals surface area contributed by atoms with Crippen LogP contribution in [-0.2, 0) is 0 Å². The summed E-state index contributed by atoms with van der Waals surface area (Å²) in [6.07, 6.45) is 0.474. The van der Waals surface area contributed by atoms with Crippen molar-refractivity contribution in [3.8, 4) is 0 Å². The van der Waals surface area contributed by atoms with Crippen LogP contribution in [0, 0.1) is 6.92 Å². The maximum absolute atomic E-state index is 9.50. The zero-order chi connectivity index (χ0) is 8.43. The Hall–Kier alpha value is 0.140. The highest BCUT2D eigenvalue weighted by Crippen LogP contribution is 2.33. The molecule has 1 aromatic heterocycles. The molecule has 1 heterocycles. The van der Waals surface area contributed by atoms with E-state index in [0.717, 1.165) is 15.8 Å². The van der Waals surface area contributed by atoms with Crippen LogP contribution in [0.3, 0.4) is 0 Å². The van der Waals surface area contributed by atoms with Crippen molar-refractivity contribution in [2.24, 2.45) is 0 Å². The largest absolute Gasteiger partial charge is 0.388 e. The highest BCUT2D eigenvalue weighted by atomic mass is 79.9. The number of aliphatic hydroxyl groups excluding tert-OH is 1. The van der Waals surface area contributed by atoms with Gasteiger partial charge in [0.1, 0.15) is 0 Å². The fourth-order valence-corrected chi connectivity index (χ4v) is 2.90. The average Bonchev–Trinajstić information content (AvgIpc) is 2.28. The summed E-state index contributed by atoms with van der Waals surface area (Å²) in [4.78, 5) is 2.28. The first-order valence-corrected chi connectivity index (χ1v) is 5.20. The second-order valence-electron chi connectivity index (χ2n) is 2.49. The molecule has 0 radical (unpaired) electrons. The van der Waals surface area contributed by atoms with Gasteiger partial charge in [-0.05, 0) is 35.3 Å². The highest BCUT2D eigenvalue weighted by molar-refractivity contribution is 9.10. The predicted molar refractivity (Wildman–Crippen MR) is 52.0 cm³/mol. The van der Waals surface area contributed by atoms with Crippen LogP contribution in [0.5, 0.6) is 0 Å². The topological polar surface area (TPSA) is 20.2 Å². The van der Waals surface area contributed by atoms with E-state index in [2.05, 4.69) is 15.9 Å². The van der Waals surface area contributed by atoms with Crippen molar-refractivity contribution in [1.82, 2.24) is 0 Å². The van der Waals surface area contributed by atoms with Crippen LogP contribution in [-0.4, -0.2) is 5.11 Å². The van der Waals surface area contributed by atoms with E-state index in [4.69, 9.17) is 0 Å². The summed E-state index contributed by atoms with van der Waals surface area (Å²) in [5, 5.41) is 9.50. The van der Waals surface area contributed by atoms with Crippen molar-refractivity contribution in [1.29, 1.82) is 0 Å². The first kappa shape index (κ1) is 9.23. The Morgan fingerprint density at radius 3 is 2.73 bits per heavy atom. The molecule has 0 unspecified atom stereocenters. The van der Waals surface area contributed by atoms with E-state index in [-0.39, 0.29) is 6.10 Å². The molecular weight excluding hydrogens is 224 g/mol. The Bertz CT molecular complexity index is 244. The fraction of sp³-hybridized carbons (Fsp3) is 0.500.